The van der Waals surface area contributed by atoms with Crippen molar-refractivity contribution in [1.29, 1.82) is 0 Å². The molecule has 0 saturated heterocycles. The van der Waals surface area contributed by atoms with Gasteiger partial charge in [-0.2, -0.15) is 0 Å². The molecule has 0 unspecified atom stereocenters. The number of ether oxygens (including phenoxy) is 3. The summed E-state index contributed by atoms with van der Waals surface area (Å²) in [6, 6.07) is 10.3. The molecule has 0 spiro atoms. The quantitative estimate of drug-likeness (QED) is 0.535. The molecule has 0 fully saturated rings. The Hall–Kier alpha value is -3.00. The molecule has 0 aliphatic heterocycles. The van der Waals surface area contributed by atoms with Crippen LogP contribution in [-0.4, -0.2) is 51.1 Å². The van der Waals surface area contributed by atoms with Crippen LogP contribution in [-0.2, 0) is 4.79 Å². The second-order valence-electron chi connectivity index (χ2n) is 6.46. The molecule has 166 valence electrons. The summed E-state index contributed by atoms with van der Waals surface area (Å²) in [6.45, 7) is 4.79. The molecule has 1 N–H and O–H groups in total. The van der Waals surface area contributed by atoms with Crippen LogP contribution in [0.25, 0.3) is 6.08 Å². The van der Waals surface area contributed by atoms with Crippen LogP contribution >= 0.6 is 15.9 Å². The number of likely N-dealkylation sites (N-methyl/N-ethyl adjacent to an activating group) is 1. The van der Waals surface area contributed by atoms with Gasteiger partial charge in [-0.05, 0) is 61.9 Å². The van der Waals surface area contributed by atoms with Crippen LogP contribution in [0.5, 0.6) is 17.2 Å². The van der Waals surface area contributed by atoms with Crippen molar-refractivity contribution in [3.8, 4) is 17.2 Å². The number of benzene rings is 2. The second kappa shape index (κ2) is 11.4. The predicted octanol–water partition coefficient (Wildman–Crippen LogP) is 4.11. The summed E-state index contributed by atoms with van der Waals surface area (Å²) in [5.41, 5.74) is 1.19. The van der Waals surface area contributed by atoms with Crippen LogP contribution < -0.4 is 19.5 Å². The summed E-state index contributed by atoms with van der Waals surface area (Å²) in [7, 11) is 4.55. The van der Waals surface area contributed by atoms with Gasteiger partial charge in [0, 0.05) is 23.1 Å². The lowest BCUT2D eigenvalue weighted by molar-refractivity contribution is -0.127. The average Bonchev–Trinajstić information content (AvgIpc) is 2.78. The predicted molar refractivity (Wildman–Crippen MR) is 124 cm³/mol. The van der Waals surface area contributed by atoms with Crippen LogP contribution in [0.15, 0.2) is 46.6 Å². The molecule has 8 heteroatoms. The Morgan fingerprint density at radius 2 is 1.52 bits per heavy atom. The summed E-state index contributed by atoms with van der Waals surface area (Å²) in [5.74, 6) is 0.664. The fourth-order valence-electron chi connectivity index (χ4n) is 2.98. The number of hydrogen-bond acceptors (Lipinski definition) is 5. The molecule has 0 aliphatic rings. The SMILES string of the molecule is CCN(CC)C(=O)C(=Cc1cc(OC)c(OC)c(OC)c1)NC(=O)c1ccc(Br)cc1. The average molecular weight is 491 g/mol. The first-order valence-electron chi connectivity index (χ1n) is 9.76. The second-order valence-corrected chi connectivity index (χ2v) is 7.37. The molecular formula is C23H27BrN2O5. The Labute approximate surface area is 191 Å². The smallest absolute Gasteiger partial charge is 0.270 e. The Morgan fingerprint density at radius 3 is 1.97 bits per heavy atom. The van der Waals surface area contributed by atoms with Crippen LogP contribution in [0.4, 0.5) is 0 Å². The highest BCUT2D eigenvalue weighted by Gasteiger charge is 2.20. The maximum Gasteiger partial charge on any atom is 0.270 e. The zero-order valence-electron chi connectivity index (χ0n) is 18.3. The first-order valence-corrected chi connectivity index (χ1v) is 10.6. The number of halogens is 1. The van der Waals surface area contributed by atoms with E-state index in [1.807, 2.05) is 13.8 Å². The van der Waals surface area contributed by atoms with Gasteiger partial charge in [-0.15, -0.1) is 0 Å². The van der Waals surface area contributed by atoms with Crippen LogP contribution in [0.1, 0.15) is 29.8 Å². The zero-order valence-corrected chi connectivity index (χ0v) is 19.9. The van der Waals surface area contributed by atoms with Crippen molar-refractivity contribution in [2.75, 3.05) is 34.4 Å². The van der Waals surface area contributed by atoms with E-state index in [4.69, 9.17) is 14.2 Å². The summed E-state index contributed by atoms with van der Waals surface area (Å²) in [4.78, 5) is 27.5. The van der Waals surface area contributed by atoms with E-state index in [2.05, 4.69) is 21.2 Å². The van der Waals surface area contributed by atoms with Gasteiger partial charge < -0.3 is 24.4 Å². The third kappa shape index (κ3) is 6.01. The number of nitrogens with one attached hydrogen (secondary N) is 1. The number of nitrogens with zero attached hydrogens (tertiary/aromatic N) is 1. The van der Waals surface area contributed by atoms with E-state index >= 15 is 0 Å². The van der Waals surface area contributed by atoms with Crippen molar-refractivity contribution in [2.45, 2.75) is 13.8 Å². The lowest BCUT2D eigenvalue weighted by atomic mass is 10.1. The molecule has 0 atom stereocenters. The third-order valence-corrected chi connectivity index (χ3v) is 5.16. The van der Waals surface area contributed by atoms with Gasteiger partial charge in [0.05, 0.1) is 21.3 Å². The summed E-state index contributed by atoms with van der Waals surface area (Å²) in [5, 5.41) is 2.76. The molecule has 0 aromatic heterocycles. The molecule has 7 nitrogen and oxygen atoms in total. The lowest BCUT2D eigenvalue weighted by Crippen LogP contribution is -2.38. The molecule has 0 aliphatic carbocycles. The Kier molecular flexibility index (Phi) is 8.93. The van der Waals surface area contributed by atoms with Gasteiger partial charge in [0.25, 0.3) is 11.8 Å². The lowest BCUT2D eigenvalue weighted by Gasteiger charge is -2.21. The van der Waals surface area contributed by atoms with Crippen LogP contribution in [0, 0.1) is 0 Å². The highest BCUT2D eigenvalue weighted by Crippen LogP contribution is 2.38. The third-order valence-electron chi connectivity index (χ3n) is 4.63. The Morgan fingerprint density at radius 1 is 0.968 bits per heavy atom. The topological polar surface area (TPSA) is 77.1 Å². The van der Waals surface area contributed by atoms with Gasteiger partial charge in [-0.1, -0.05) is 15.9 Å². The number of carbonyl (C=O) groups is 2. The monoisotopic (exact) mass is 490 g/mol. The minimum absolute atomic E-state index is 0.144. The molecule has 2 aromatic rings. The normalized spacial score (nSPS) is 11.0. The molecule has 31 heavy (non-hydrogen) atoms. The van der Waals surface area contributed by atoms with Crippen molar-refractivity contribution >= 4 is 33.8 Å². The first-order chi connectivity index (χ1) is 14.9. The number of rotatable bonds is 9. The fourth-order valence-corrected chi connectivity index (χ4v) is 3.24. The maximum atomic E-state index is 13.1. The number of carbonyl (C=O) groups excluding carboxylic acids is 2. The van der Waals surface area contributed by atoms with Crippen molar-refractivity contribution < 1.29 is 23.8 Å². The molecule has 0 radical (unpaired) electrons. The molecule has 2 rings (SSSR count). The molecule has 2 aromatic carbocycles. The van der Waals surface area contributed by atoms with Gasteiger partial charge in [-0.3, -0.25) is 9.59 Å². The van der Waals surface area contributed by atoms with Gasteiger partial charge in [0.15, 0.2) is 11.5 Å². The number of hydrogen-bond donors (Lipinski definition) is 1. The fraction of sp³-hybridized carbons (Fsp3) is 0.304. The van der Waals surface area contributed by atoms with Gasteiger partial charge in [-0.25, -0.2) is 0 Å². The molecule has 0 bridgehead atoms. The Bertz CT molecular complexity index is 928. The number of methoxy groups -OCH3 is 3. The summed E-state index contributed by atoms with van der Waals surface area (Å²) < 4.78 is 17.0. The summed E-state index contributed by atoms with van der Waals surface area (Å²) in [6.07, 6.45) is 1.60. The van der Waals surface area contributed by atoms with E-state index < -0.39 is 0 Å². The highest BCUT2D eigenvalue weighted by molar-refractivity contribution is 9.10. The van der Waals surface area contributed by atoms with Crippen molar-refractivity contribution in [3.63, 3.8) is 0 Å². The van der Waals surface area contributed by atoms with E-state index in [1.165, 1.54) is 21.3 Å². The van der Waals surface area contributed by atoms with E-state index in [-0.39, 0.29) is 17.5 Å². The van der Waals surface area contributed by atoms with Crippen LogP contribution in [0.2, 0.25) is 0 Å². The molecule has 0 saturated carbocycles. The van der Waals surface area contributed by atoms with E-state index in [1.54, 1.807) is 47.4 Å². The molecule has 2 amide bonds. The Balaban J connectivity index is 2.51. The highest BCUT2D eigenvalue weighted by atomic mass is 79.9. The van der Waals surface area contributed by atoms with E-state index in [0.29, 0.717) is 41.5 Å². The number of amides is 2. The largest absolute Gasteiger partial charge is 0.493 e. The van der Waals surface area contributed by atoms with Crippen molar-refractivity contribution in [3.05, 3.63) is 57.7 Å². The van der Waals surface area contributed by atoms with Gasteiger partial charge in [0.1, 0.15) is 5.70 Å². The minimum Gasteiger partial charge on any atom is -0.493 e. The minimum atomic E-state index is -0.383. The standard InChI is InChI=1S/C23H27BrN2O5/c1-6-26(7-2)23(28)18(25-22(27)16-8-10-17(24)11-9-16)12-15-13-19(29-3)21(31-5)20(14-15)30-4/h8-14H,6-7H2,1-5H3,(H,25,27). The van der Waals surface area contributed by atoms with Gasteiger partial charge >= 0.3 is 0 Å². The zero-order chi connectivity index (χ0) is 23.0. The summed E-state index contributed by atoms with van der Waals surface area (Å²) >= 11 is 3.35. The van der Waals surface area contributed by atoms with E-state index in [9.17, 15) is 9.59 Å². The molecule has 0 heterocycles. The van der Waals surface area contributed by atoms with Crippen molar-refractivity contribution in [1.82, 2.24) is 10.2 Å². The maximum absolute atomic E-state index is 13.1. The van der Waals surface area contributed by atoms with Gasteiger partial charge in [0.2, 0.25) is 5.75 Å². The van der Waals surface area contributed by atoms with Crippen molar-refractivity contribution in [2.24, 2.45) is 0 Å². The first kappa shape index (κ1) is 24.3. The van der Waals surface area contributed by atoms with Crippen LogP contribution in [0.3, 0.4) is 0 Å². The molecular weight excluding hydrogens is 464 g/mol. The van der Waals surface area contributed by atoms with E-state index in [0.717, 1.165) is 4.47 Å².